The summed E-state index contributed by atoms with van der Waals surface area (Å²) in [5.74, 6) is 0. The minimum absolute atomic E-state index is 0.177. The molecular formula is C14H16BrNO2S2. The molecule has 0 spiro atoms. The fraction of sp³-hybridized carbons (Fsp3) is 0.286. The minimum atomic E-state index is -3.50. The molecule has 1 N–H and O–H groups in total. The summed E-state index contributed by atoms with van der Waals surface area (Å²) in [6.45, 7) is 3.85. The summed E-state index contributed by atoms with van der Waals surface area (Å²) in [5, 5.41) is 1.95. The van der Waals surface area contributed by atoms with Crippen LogP contribution in [0.4, 0.5) is 0 Å². The van der Waals surface area contributed by atoms with Gasteiger partial charge in [-0.2, -0.15) is 0 Å². The van der Waals surface area contributed by atoms with Gasteiger partial charge in [0.25, 0.3) is 0 Å². The summed E-state index contributed by atoms with van der Waals surface area (Å²) in [4.78, 5) is 1.33. The Bertz CT molecular complexity index is 681. The molecule has 1 atom stereocenters. The lowest BCUT2D eigenvalue weighted by molar-refractivity contribution is 0.553. The summed E-state index contributed by atoms with van der Waals surface area (Å²) in [6, 6.07) is 8.75. The third kappa shape index (κ3) is 3.49. The van der Waals surface area contributed by atoms with Gasteiger partial charge in [-0.15, -0.1) is 11.3 Å². The van der Waals surface area contributed by atoms with E-state index in [2.05, 4.69) is 20.7 Å². The molecule has 0 saturated carbocycles. The number of aryl methyl sites for hydroxylation is 1. The minimum Gasteiger partial charge on any atom is -0.207 e. The van der Waals surface area contributed by atoms with E-state index in [1.165, 1.54) is 0 Å². The van der Waals surface area contributed by atoms with Gasteiger partial charge in [-0.3, -0.25) is 0 Å². The van der Waals surface area contributed by atoms with E-state index in [0.29, 0.717) is 4.90 Å². The highest BCUT2D eigenvalue weighted by Gasteiger charge is 2.21. The molecule has 108 valence electrons. The molecule has 1 aromatic carbocycles. The molecule has 20 heavy (non-hydrogen) atoms. The second-order valence-electron chi connectivity index (χ2n) is 4.51. The van der Waals surface area contributed by atoms with Gasteiger partial charge in [0, 0.05) is 9.35 Å². The third-order valence-corrected chi connectivity index (χ3v) is 6.38. The van der Waals surface area contributed by atoms with Gasteiger partial charge < -0.3 is 0 Å². The molecule has 2 aromatic rings. The molecule has 0 amide bonds. The van der Waals surface area contributed by atoms with Crippen LogP contribution in [-0.2, 0) is 10.0 Å². The number of thiophene rings is 1. The average Bonchev–Trinajstić information content (AvgIpc) is 2.93. The molecule has 0 aliphatic carbocycles. The molecular weight excluding hydrogens is 358 g/mol. The van der Waals surface area contributed by atoms with Crippen LogP contribution in [-0.4, -0.2) is 8.42 Å². The first kappa shape index (κ1) is 15.7. The van der Waals surface area contributed by atoms with Crippen LogP contribution in [0.2, 0.25) is 0 Å². The van der Waals surface area contributed by atoms with Gasteiger partial charge >= 0.3 is 0 Å². The lowest BCUT2D eigenvalue weighted by Crippen LogP contribution is -2.27. The molecule has 3 nitrogen and oxygen atoms in total. The van der Waals surface area contributed by atoms with Crippen molar-refractivity contribution in [3.8, 4) is 0 Å². The molecule has 1 heterocycles. The lowest BCUT2D eigenvalue weighted by Gasteiger charge is -2.16. The van der Waals surface area contributed by atoms with Gasteiger partial charge in [0.15, 0.2) is 0 Å². The zero-order chi connectivity index (χ0) is 14.8. The van der Waals surface area contributed by atoms with Gasteiger partial charge in [0.2, 0.25) is 10.0 Å². The Morgan fingerprint density at radius 3 is 2.65 bits per heavy atom. The molecule has 0 aliphatic rings. The van der Waals surface area contributed by atoms with Crippen molar-refractivity contribution in [2.45, 2.75) is 31.2 Å². The zero-order valence-corrected chi connectivity index (χ0v) is 14.5. The normalized spacial score (nSPS) is 13.3. The molecule has 0 aliphatic heterocycles. The van der Waals surface area contributed by atoms with Crippen molar-refractivity contribution in [3.05, 3.63) is 50.6 Å². The Hall–Kier alpha value is -0.690. The Morgan fingerprint density at radius 1 is 1.35 bits per heavy atom. The van der Waals surface area contributed by atoms with Crippen LogP contribution in [0.15, 0.2) is 45.1 Å². The number of hydrogen-bond acceptors (Lipinski definition) is 3. The summed E-state index contributed by atoms with van der Waals surface area (Å²) in [6.07, 6.45) is 0.718. The van der Waals surface area contributed by atoms with Crippen LogP contribution in [0.3, 0.4) is 0 Å². The number of hydrogen-bond donors (Lipinski definition) is 1. The van der Waals surface area contributed by atoms with E-state index in [9.17, 15) is 8.42 Å². The van der Waals surface area contributed by atoms with E-state index in [-0.39, 0.29) is 6.04 Å². The second-order valence-corrected chi connectivity index (χ2v) is 8.06. The maximum Gasteiger partial charge on any atom is 0.241 e. The first-order valence-electron chi connectivity index (χ1n) is 6.26. The quantitative estimate of drug-likeness (QED) is 0.851. The molecule has 0 bridgehead atoms. The zero-order valence-electron chi connectivity index (χ0n) is 11.3. The lowest BCUT2D eigenvalue weighted by atomic mass is 10.2. The van der Waals surface area contributed by atoms with Crippen molar-refractivity contribution in [2.75, 3.05) is 0 Å². The number of rotatable bonds is 5. The molecule has 2 rings (SSSR count). The van der Waals surface area contributed by atoms with Crippen LogP contribution in [0.25, 0.3) is 0 Å². The monoisotopic (exact) mass is 373 g/mol. The number of nitrogens with one attached hydrogen (secondary N) is 1. The van der Waals surface area contributed by atoms with Crippen molar-refractivity contribution in [3.63, 3.8) is 0 Å². The molecule has 1 unspecified atom stereocenters. The van der Waals surface area contributed by atoms with Crippen molar-refractivity contribution in [1.29, 1.82) is 0 Å². The van der Waals surface area contributed by atoms with Crippen LogP contribution in [0, 0.1) is 6.92 Å². The van der Waals surface area contributed by atoms with E-state index in [0.717, 1.165) is 21.3 Å². The van der Waals surface area contributed by atoms with E-state index in [4.69, 9.17) is 0 Å². The van der Waals surface area contributed by atoms with E-state index < -0.39 is 10.0 Å². The van der Waals surface area contributed by atoms with E-state index in [1.807, 2.05) is 31.4 Å². The highest BCUT2D eigenvalue weighted by molar-refractivity contribution is 9.10. The highest BCUT2D eigenvalue weighted by Crippen LogP contribution is 2.25. The predicted octanol–water partition coefficient (Wildman–Crippen LogP) is 4.25. The molecule has 1 aromatic heterocycles. The predicted molar refractivity (Wildman–Crippen MR) is 86.6 cm³/mol. The number of halogens is 1. The van der Waals surface area contributed by atoms with Crippen LogP contribution >= 0.6 is 27.3 Å². The summed E-state index contributed by atoms with van der Waals surface area (Å²) >= 11 is 4.94. The summed E-state index contributed by atoms with van der Waals surface area (Å²) in [7, 11) is -3.50. The average molecular weight is 374 g/mol. The summed E-state index contributed by atoms with van der Waals surface area (Å²) < 4.78 is 28.6. The Kier molecular flexibility index (Phi) is 5.01. The SMILES string of the molecule is CCC(NS(=O)(=O)c1ccc(Br)c(C)c1)c1cccs1. The Morgan fingerprint density at radius 2 is 2.10 bits per heavy atom. The maximum atomic E-state index is 12.4. The van der Waals surface area contributed by atoms with Gasteiger partial charge in [0.05, 0.1) is 10.9 Å². The van der Waals surface area contributed by atoms with Gasteiger partial charge in [0.1, 0.15) is 0 Å². The third-order valence-electron chi connectivity index (χ3n) is 3.03. The Labute approximate surface area is 132 Å². The topological polar surface area (TPSA) is 46.2 Å². The van der Waals surface area contributed by atoms with Crippen molar-refractivity contribution < 1.29 is 8.42 Å². The fourth-order valence-corrected chi connectivity index (χ4v) is 4.44. The van der Waals surface area contributed by atoms with Gasteiger partial charge in [-0.05, 0) is 48.6 Å². The van der Waals surface area contributed by atoms with Crippen molar-refractivity contribution >= 4 is 37.3 Å². The molecule has 6 heteroatoms. The first-order valence-corrected chi connectivity index (χ1v) is 9.41. The van der Waals surface area contributed by atoms with E-state index >= 15 is 0 Å². The van der Waals surface area contributed by atoms with E-state index in [1.54, 1.807) is 29.5 Å². The smallest absolute Gasteiger partial charge is 0.207 e. The molecule has 0 radical (unpaired) electrons. The maximum absolute atomic E-state index is 12.4. The fourth-order valence-electron chi connectivity index (χ4n) is 1.87. The van der Waals surface area contributed by atoms with Gasteiger partial charge in [-0.1, -0.05) is 28.9 Å². The Balaban J connectivity index is 2.28. The standard InChI is InChI=1S/C14H16BrNO2S2/c1-3-13(14-5-4-8-19-14)16-20(17,18)11-6-7-12(15)10(2)9-11/h4-9,13,16H,3H2,1-2H3. The van der Waals surface area contributed by atoms with Crippen LogP contribution < -0.4 is 4.72 Å². The highest BCUT2D eigenvalue weighted by atomic mass is 79.9. The van der Waals surface area contributed by atoms with Crippen LogP contribution in [0.1, 0.15) is 29.8 Å². The van der Waals surface area contributed by atoms with Crippen LogP contribution in [0.5, 0.6) is 0 Å². The number of sulfonamides is 1. The molecule has 0 saturated heterocycles. The largest absolute Gasteiger partial charge is 0.241 e. The summed E-state index contributed by atoms with van der Waals surface area (Å²) in [5.41, 5.74) is 0.900. The molecule has 0 fully saturated rings. The van der Waals surface area contributed by atoms with Crippen molar-refractivity contribution in [1.82, 2.24) is 4.72 Å². The first-order chi connectivity index (χ1) is 9.44. The van der Waals surface area contributed by atoms with Gasteiger partial charge in [-0.25, -0.2) is 13.1 Å². The number of benzene rings is 1. The van der Waals surface area contributed by atoms with Crippen molar-refractivity contribution in [2.24, 2.45) is 0 Å². The second kappa shape index (κ2) is 6.39.